The summed E-state index contributed by atoms with van der Waals surface area (Å²) in [6, 6.07) is 10.6. The lowest BCUT2D eigenvalue weighted by molar-refractivity contribution is -0.137. The minimum Gasteiger partial charge on any atom is -0.481 e. The molecule has 0 saturated heterocycles. The number of rotatable bonds is 7. The van der Waals surface area contributed by atoms with Crippen LogP contribution in [0.15, 0.2) is 46.2 Å². The minimum absolute atomic E-state index is 0.0815. The Labute approximate surface area is 160 Å². The predicted octanol–water partition coefficient (Wildman–Crippen LogP) is 3.89. The second-order valence-electron chi connectivity index (χ2n) is 6.31. The molecule has 0 spiro atoms. The molecule has 1 aromatic carbocycles. The van der Waals surface area contributed by atoms with Crippen molar-refractivity contribution >= 4 is 23.2 Å². The molecule has 0 aliphatic carbocycles. The van der Waals surface area contributed by atoms with Crippen LogP contribution in [0.5, 0.6) is 0 Å². The number of nitrogens with one attached hydrogen (secondary N) is 1. The molecule has 140 valence electrons. The van der Waals surface area contributed by atoms with E-state index in [1.165, 1.54) is 11.3 Å². The fourth-order valence-corrected chi connectivity index (χ4v) is 3.63. The van der Waals surface area contributed by atoms with Gasteiger partial charge in [0.05, 0.1) is 24.6 Å². The number of aryl methyl sites for hydroxylation is 2. The summed E-state index contributed by atoms with van der Waals surface area (Å²) in [5.41, 5.74) is 2.37. The zero-order chi connectivity index (χ0) is 19.4. The number of hydrogen-bond donors (Lipinski definition) is 2. The molecule has 0 radical (unpaired) electrons. The second-order valence-corrected chi connectivity index (χ2v) is 7.16. The molecule has 0 aliphatic rings. The number of hydrogen-bond acceptors (Lipinski definition) is 5. The van der Waals surface area contributed by atoms with Crippen LogP contribution in [-0.2, 0) is 16.0 Å². The Morgan fingerprint density at radius 2 is 2.00 bits per heavy atom. The highest BCUT2D eigenvalue weighted by Crippen LogP contribution is 2.26. The van der Waals surface area contributed by atoms with Crippen molar-refractivity contribution in [3.05, 3.63) is 64.4 Å². The van der Waals surface area contributed by atoms with E-state index >= 15 is 0 Å². The van der Waals surface area contributed by atoms with Crippen LogP contribution in [0.1, 0.15) is 35.0 Å². The topological polar surface area (TPSA) is 92.4 Å². The molecule has 1 atom stereocenters. The number of thiazole rings is 1. The molecular formula is C20H20N2O4S. The molecule has 0 saturated carbocycles. The monoisotopic (exact) mass is 384 g/mol. The number of aromatic nitrogens is 1. The normalized spacial score (nSPS) is 11.9. The van der Waals surface area contributed by atoms with Crippen molar-refractivity contribution < 1.29 is 19.1 Å². The van der Waals surface area contributed by atoms with Gasteiger partial charge in [0.1, 0.15) is 5.76 Å². The van der Waals surface area contributed by atoms with Crippen molar-refractivity contribution in [2.45, 2.75) is 32.7 Å². The standard InChI is InChI=1S/C20H20N2O4S/c1-12-5-3-4-6-15(12)16(10-19(24)25)22-18(23)9-14-11-27-20(21-14)17-8-7-13(2)26-17/h3-8,11,16H,9-10H2,1-2H3,(H,22,23)(H,24,25). The molecule has 1 amide bonds. The summed E-state index contributed by atoms with van der Waals surface area (Å²) < 4.78 is 5.55. The number of furan rings is 1. The van der Waals surface area contributed by atoms with Gasteiger partial charge >= 0.3 is 5.97 Å². The van der Waals surface area contributed by atoms with Crippen LogP contribution in [0.2, 0.25) is 0 Å². The summed E-state index contributed by atoms with van der Waals surface area (Å²) in [6.07, 6.45) is -0.0945. The molecule has 2 N–H and O–H groups in total. The predicted molar refractivity (Wildman–Crippen MR) is 103 cm³/mol. The SMILES string of the molecule is Cc1ccc(-c2nc(CC(=O)NC(CC(=O)O)c3ccccc3C)cs2)o1. The van der Waals surface area contributed by atoms with Gasteiger partial charge in [-0.25, -0.2) is 4.98 Å². The molecule has 1 unspecified atom stereocenters. The van der Waals surface area contributed by atoms with Crippen LogP contribution < -0.4 is 5.32 Å². The van der Waals surface area contributed by atoms with Gasteiger partial charge in [0.25, 0.3) is 0 Å². The molecule has 7 heteroatoms. The van der Waals surface area contributed by atoms with Crippen molar-refractivity contribution in [3.8, 4) is 10.8 Å². The number of carbonyl (C=O) groups is 2. The van der Waals surface area contributed by atoms with Crippen LogP contribution in [0.3, 0.4) is 0 Å². The Bertz CT molecular complexity index is 960. The van der Waals surface area contributed by atoms with Gasteiger partial charge in [-0.15, -0.1) is 11.3 Å². The highest BCUT2D eigenvalue weighted by atomic mass is 32.1. The first kappa shape index (κ1) is 18.8. The largest absolute Gasteiger partial charge is 0.481 e. The maximum atomic E-state index is 12.5. The van der Waals surface area contributed by atoms with E-state index in [-0.39, 0.29) is 18.7 Å². The van der Waals surface area contributed by atoms with Crippen LogP contribution in [0.4, 0.5) is 0 Å². The smallest absolute Gasteiger partial charge is 0.305 e. The molecule has 6 nitrogen and oxygen atoms in total. The molecule has 2 heterocycles. The first-order valence-corrected chi connectivity index (χ1v) is 9.38. The first-order valence-electron chi connectivity index (χ1n) is 8.50. The van der Waals surface area contributed by atoms with Crippen molar-refractivity contribution in [2.75, 3.05) is 0 Å². The molecule has 2 aromatic heterocycles. The van der Waals surface area contributed by atoms with Crippen molar-refractivity contribution in [1.29, 1.82) is 0 Å². The van der Waals surface area contributed by atoms with Crippen molar-refractivity contribution in [1.82, 2.24) is 10.3 Å². The maximum absolute atomic E-state index is 12.5. The number of carboxylic acids is 1. The summed E-state index contributed by atoms with van der Waals surface area (Å²) in [7, 11) is 0. The lowest BCUT2D eigenvalue weighted by atomic mass is 9.98. The van der Waals surface area contributed by atoms with Crippen LogP contribution in [-0.4, -0.2) is 22.0 Å². The van der Waals surface area contributed by atoms with Crippen LogP contribution in [0, 0.1) is 13.8 Å². The third-order valence-corrected chi connectivity index (χ3v) is 5.03. The Balaban J connectivity index is 1.70. The van der Waals surface area contributed by atoms with Gasteiger partial charge in [-0.1, -0.05) is 24.3 Å². The Morgan fingerprint density at radius 3 is 2.67 bits per heavy atom. The van der Waals surface area contributed by atoms with E-state index in [9.17, 15) is 14.7 Å². The minimum atomic E-state index is -0.965. The quantitative estimate of drug-likeness (QED) is 0.645. The van der Waals surface area contributed by atoms with Gasteiger partial charge < -0.3 is 14.8 Å². The highest BCUT2D eigenvalue weighted by Gasteiger charge is 2.20. The van der Waals surface area contributed by atoms with E-state index in [1.807, 2.05) is 55.6 Å². The van der Waals surface area contributed by atoms with E-state index in [1.54, 1.807) is 0 Å². The van der Waals surface area contributed by atoms with Gasteiger partial charge in [-0.3, -0.25) is 9.59 Å². The number of aliphatic carboxylic acids is 1. The molecule has 0 fully saturated rings. The van der Waals surface area contributed by atoms with Crippen LogP contribution in [0.25, 0.3) is 10.8 Å². The Kier molecular flexibility index (Phi) is 5.71. The number of carbonyl (C=O) groups excluding carboxylic acids is 1. The van der Waals surface area contributed by atoms with E-state index in [0.717, 1.165) is 16.9 Å². The summed E-state index contributed by atoms with van der Waals surface area (Å²) in [5.74, 6) is 0.242. The summed E-state index contributed by atoms with van der Waals surface area (Å²) in [5, 5.41) is 14.6. The van der Waals surface area contributed by atoms with Crippen LogP contribution >= 0.6 is 11.3 Å². The van der Waals surface area contributed by atoms with Gasteiger partial charge in [0, 0.05) is 5.38 Å². The van der Waals surface area contributed by atoms with Crippen molar-refractivity contribution in [3.63, 3.8) is 0 Å². The summed E-state index contributed by atoms with van der Waals surface area (Å²) in [4.78, 5) is 28.1. The molecule has 0 bridgehead atoms. The van der Waals surface area contributed by atoms with E-state index in [0.29, 0.717) is 16.5 Å². The van der Waals surface area contributed by atoms with E-state index in [4.69, 9.17) is 4.42 Å². The zero-order valence-electron chi connectivity index (χ0n) is 15.1. The lowest BCUT2D eigenvalue weighted by Gasteiger charge is -2.19. The lowest BCUT2D eigenvalue weighted by Crippen LogP contribution is -2.31. The van der Waals surface area contributed by atoms with Gasteiger partial charge in [-0.05, 0) is 37.1 Å². The molecule has 3 aromatic rings. The number of benzene rings is 1. The first-order chi connectivity index (χ1) is 12.9. The summed E-state index contributed by atoms with van der Waals surface area (Å²) in [6.45, 7) is 3.76. The zero-order valence-corrected chi connectivity index (χ0v) is 15.9. The van der Waals surface area contributed by atoms with E-state index < -0.39 is 12.0 Å². The second kappa shape index (κ2) is 8.18. The highest BCUT2D eigenvalue weighted by molar-refractivity contribution is 7.13. The summed E-state index contributed by atoms with van der Waals surface area (Å²) >= 11 is 1.41. The number of carboxylic acid groups (broad SMARTS) is 1. The van der Waals surface area contributed by atoms with E-state index in [2.05, 4.69) is 10.3 Å². The molecular weight excluding hydrogens is 364 g/mol. The van der Waals surface area contributed by atoms with Crippen molar-refractivity contribution in [2.24, 2.45) is 0 Å². The van der Waals surface area contributed by atoms with Gasteiger partial charge in [0.15, 0.2) is 10.8 Å². The van der Waals surface area contributed by atoms with Gasteiger partial charge in [0.2, 0.25) is 5.91 Å². The van der Waals surface area contributed by atoms with Gasteiger partial charge in [-0.2, -0.15) is 0 Å². The molecule has 27 heavy (non-hydrogen) atoms. The Morgan fingerprint density at radius 1 is 1.22 bits per heavy atom. The molecule has 0 aliphatic heterocycles. The third-order valence-electron chi connectivity index (χ3n) is 4.12. The average Bonchev–Trinajstić information content (AvgIpc) is 3.23. The number of amides is 1. The maximum Gasteiger partial charge on any atom is 0.305 e. The molecule has 3 rings (SSSR count). The third kappa shape index (κ3) is 4.83. The number of nitrogens with zero attached hydrogens (tertiary/aromatic N) is 1. The average molecular weight is 384 g/mol. The fourth-order valence-electron chi connectivity index (χ4n) is 2.85. The fraction of sp³-hybridized carbons (Fsp3) is 0.250. The Hall–Kier alpha value is -2.93.